The Kier molecular flexibility index (Phi) is 4.34. The molecule has 0 amide bonds. The van der Waals surface area contributed by atoms with Gasteiger partial charge in [-0.1, -0.05) is 65.8 Å². The van der Waals surface area contributed by atoms with E-state index in [4.69, 9.17) is 23.8 Å². The van der Waals surface area contributed by atoms with Crippen LogP contribution in [0.1, 0.15) is 16.7 Å². The highest BCUT2D eigenvalue weighted by molar-refractivity contribution is 7.80. The van der Waals surface area contributed by atoms with E-state index in [0.717, 1.165) is 17.1 Å². The highest BCUT2D eigenvalue weighted by Gasteiger charge is 2.01. The van der Waals surface area contributed by atoms with Gasteiger partial charge < -0.3 is 5.32 Å². The molecule has 0 bridgehead atoms. The first-order valence-electron chi connectivity index (χ1n) is 5.74. The zero-order valence-electron chi connectivity index (χ0n) is 10.1. The molecule has 0 unspecified atom stereocenters. The molecule has 2 rings (SSSR count). The summed E-state index contributed by atoms with van der Waals surface area (Å²) in [4.78, 5) is 0.720. The van der Waals surface area contributed by atoms with Crippen LogP contribution >= 0.6 is 23.8 Å². The van der Waals surface area contributed by atoms with E-state index < -0.39 is 0 Å². The number of aryl methyl sites for hydroxylation is 1. The third kappa shape index (κ3) is 3.56. The van der Waals surface area contributed by atoms with Gasteiger partial charge in [0, 0.05) is 17.1 Å². The minimum Gasteiger partial charge on any atom is -0.372 e. The first-order chi connectivity index (χ1) is 8.65. The fraction of sp³-hybridized carbons (Fsp3) is 0.133. The molecule has 0 aliphatic heterocycles. The molecule has 0 heterocycles. The predicted molar refractivity (Wildman–Crippen MR) is 81.2 cm³/mol. The molecule has 3 heteroatoms. The highest BCUT2D eigenvalue weighted by Crippen LogP contribution is 2.11. The molecule has 0 fully saturated rings. The van der Waals surface area contributed by atoms with Gasteiger partial charge in [-0.25, -0.2) is 0 Å². The van der Waals surface area contributed by atoms with Crippen molar-refractivity contribution in [3.63, 3.8) is 0 Å². The van der Waals surface area contributed by atoms with Crippen LogP contribution in [-0.2, 0) is 6.54 Å². The molecular formula is C15H14ClNS. The molecule has 0 saturated heterocycles. The van der Waals surface area contributed by atoms with Crippen molar-refractivity contribution in [3.05, 3.63) is 70.2 Å². The molecule has 0 atom stereocenters. The molecule has 0 aliphatic carbocycles. The van der Waals surface area contributed by atoms with E-state index in [0.29, 0.717) is 5.02 Å². The molecule has 2 aromatic rings. The van der Waals surface area contributed by atoms with E-state index in [2.05, 4.69) is 36.5 Å². The Morgan fingerprint density at radius 2 is 1.89 bits per heavy atom. The summed E-state index contributed by atoms with van der Waals surface area (Å²) in [5.74, 6) is 0. The van der Waals surface area contributed by atoms with Crippen LogP contribution in [0.15, 0.2) is 48.5 Å². The highest BCUT2D eigenvalue weighted by atomic mass is 35.5. The van der Waals surface area contributed by atoms with Gasteiger partial charge in [0.15, 0.2) is 0 Å². The van der Waals surface area contributed by atoms with E-state index in [-0.39, 0.29) is 0 Å². The minimum absolute atomic E-state index is 0.701. The summed E-state index contributed by atoms with van der Waals surface area (Å²) in [6.45, 7) is 2.80. The van der Waals surface area contributed by atoms with Gasteiger partial charge in [-0.15, -0.1) is 0 Å². The van der Waals surface area contributed by atoms with Gasteiger partial charge in [0.2, 0.25) is 0 Å². The van der Waals surface area contributed by atoms with Crippen molar-refractivity contribution < 1.29 is 0 Å². The predicted octanol–water partition coefficient (Wildman–Crippen LogP) is 4.11. The quantitative estimate of drug-likeness (QED) is 0.846. The third-order valence-corrected chi connectivity index (χ3v) is 3.28. The van der Waals surface area contributed by atoms with Crippen molar-refractivity contribution in [3.8, 4) is 0 Å². The van der Waals surface area contributed by atoms with Crippen molar-refractivity contribution in [2.75, 3.05) is 0 Å². The summed E-state index contributed by atoms with van der Waals surface area (Å²) in [7, 11) is 0. The maximum atomic E-state index is 5.94. The Morgan fingerprint density at radius 1 is 1.17 bits per heavy atom. The van der Waals surface area contributed by atoms with Gasteiger partial charge in [-0.2, -0.15) is 0 Å². The lowest BCUT2D eigenvalue weighted by Gasteiger charge is -2.08. The summed E-state index contributed by atoms with van der Waals surface area (Å²) in [6.07, 6.45) is 0. The smallest absolute Gasteiger partial charge is 0.106 e. The largest absolute Gasteiger partial charge is 0.372 e. The van der Waals surface area contributed by atoms with Gasteiger partial charge in [-0.3, -0.25) is 0 Å². The van der Waals surface area contributed by atoms with Crippen LogP contribution in [-0.4, -0.2) is 4.99 Å². The Morgan fingerprint density at radius 3 is 2.56 bits per heavy atom. The van der Waals surface area contributed by atoms with E-state index in [1.54, 1.807) is 0 Å². The maximum absolute atomic E-state index is 5.94. The van der Waals surface area contributed by atoms with Crippen LogP contribution in [0.25, 0.3) is 0 Å². The Labute approximate surface area is 118 Å². The summed E-state index contributed by atoms with van der Waals surface area (Å²) in [5.41, 5.74) is 3.42. The lowest BCUT2D eigenvalue weighted by Crippen LogP contribution is -2.21. The summed E-state index contributed by atoms with van der Waals surface area (Å²) in [5, 5.41) is 3.94. The van der Waals surface area contributed by atoms with E-state index in [1.807, 2.05) is 24.3 Å². The van der Waals surface area contributed by atoms with Gasteiger partial charge in [0.1, 0.15) is 4.99 Å². The van der Waals surface area contributed by atoms with E-state index >= 15 is 0 Å². The Bertz CT molecular complexity index is 549. The van der Waals surface area contributed by atoms with Crippen LogP contribution in [0.3, 0.4) is 0 Å². The van der Waals surface area contributed by atoms with Crippen LogP contribution in [0.4, 0.5) is 0 Å². The second-order valence-corrected chi connectivity index (χ2v) is 5.02. The first-order valence-corrected chi connectivity index (χ1v) is 6.53. The van der Waals surface area contributed by atoms with E-state index in [1.165, 1.54) is 11.1 Å². The number of rotatable bonds is 3. The van der Waals surface area contributed by atoms with Gasteiger partial charge in [0.25, 0.3) is 0 Å². The number of hydrogen-bond acceptors (Lipinski definition) is 1. The molecule has 0 aromatic heterocycles. The molecule has 1 nitrogen and oxygen atoms in total. The van der Waals surface area contributed by atoms with Gasteiger partial charge in [-0.05, 0) is 24.6 Å². The zero-order chi connectivity index (χ0) is 13.0. The average Bonchev–Trinajstić information content (AvgIpc) is 2.38. The lowest BCUT2D eigenvalue weighted by atomic mass is 10.1. The van der Waals surface area contributed by atoms with Crippen molar-refractivity contribution in [2.45, 2.75) is 13.5 Å². The number of thiocarbonyl (C=S) groups is 1. The summed E-state index contributed by atoms with van der Waals surface area (Å²) in [6, 6.07) is 16.0. The molecule has 0 saturated carbocycles. The topological polar surface area (TPSA) is 12.0 Å². The SMILES string of the molecule is Cc1ccc(CNC(=S)c2cccc(Cl)c2)cc1. The summed E-state index contributed by atoms with van der Waals surface area (Å²) >= 11 is 11.3. The van der Waals surface area contributed by atoms with Crippen molar-refractivity contribution in [2.24, 2.45) is 0 Å². The Hall–Kier alpha value is -1.38. The molecule has 92 valence electrons. The molecule has 0 aliphatic rings. The van der Waals surface area contributed by atoms with E-state index in [9.17, 15) is 0 Å². The van der Waals surface area contributed by atoms with Crippen molar-refractivity contribution >= 4 is 28.8 Å². The number of benzene rings is 2. The molecule has 0 radical (unpaired) electrons. The lowest BCUT2D eigenvalue weighted by molar-refractivity contribution is 0.928. The summed E-state index contributed by atoms with van der Waals surface area (Å²) < 4.78 is 0. The van der Waals surface area contributed by atoms with Crippen LogP contribution < -0.4 is 5.32 Å². The maximum Gasteiger partial charge on any atom is 0.106 e. The normalized spacial score (nSPS) is 10.1. The average molecular weight is 276 g/mol. The van der Waals surface area contributed by atoms with Crippen molar-refractivity contribution in [1.29, 1.82) is 0 Å². The van der Waals surface area contributed by atoms with Crippen molar-refractivity contribution in [1.82, 2.24) is 5.32 Å². The van der Waals surface area contributed by atoms with Gasteiger partial charge >= 0.3 is 0 Å². The second kappa shape index (κ2) is 5.98. The number of nitrogens with one attached hydrogen (secondary N) is 1. The van der Waals surface area contributed by atoms with Crippen LogP contribution in [0.2, 0.25) is 5.02 Å². The Balaban J connectivity index is 1.98. The minimum atomic E-state index is 0.701. The molecule has 18 heavy (non-hydrogen) atoms. The molecule has 2 aromatic carbocycles. The van der Waals surface area contributed by atoms with Crippen LogP contribution in [0.5, 0.6) is 0 Å². The monoisotopic (exact) mass is 275 g/mol. The molecule has 0 spiro atoms. The molecule has 1 N–H and O–H groups in total. The fourth-order valence-corrected chi connectivity index (χ4v) is 2.01. The number of halogens is 1. The van der Waals surface area contributed by atoms with Gasteiger partial charge in [0.05, 0.1) is 0 Å². The fourth-order valence-electron chi connectivity index (χ4n) is 1.62. The molecular weight excluding hydrogens is 262 g/mol. The standard InChI is InChI=1S/C15H14ClNS/c1-11-5-7-12(8-6-11)10-17-15(18)13-3-2-4-14(16)9-13/h2-9H,10H2,1H3,(H,17,18). The first kappa shape index (κ1) is 13.1. The second-order valence-electron chi connectivity index (χ2n) is 4.18. The van der Waals surface area contributed by atoms with Crippen LogP contribution in [0, 0.1) is 6.92 Å². The number of hydrogen-bond donors (Lipinski definition) is 1. The zero-order valence-corrected chi connectivity index (χ0v) is 11.7. The third-order valence-electron chi connectivity index (χ3n) is 2.66.